The van der Waals surface area contributed by atoms with Gasteiger partial charge in [0.25, 0.3) is 5.56 Å². The molecule has 2 N–H and O–H groups in total. The summed E-state index contributed by atoms with van der Waals surface area (Å²) in [4.78, 5) is 12.3. The van der Waals surface area contributed by atoms with Crippen molar-refractivity contribution in [1.29, 1.82) is 0 Å². The first kappa shape index (κ1) is 21.3. The monoisotopic (exact) mass is 400 g/mol. The zero-order valence-corrected chi connectivity index (χ0v) is 16.0. The maximum absolute atomic E-state index is 12.3. The lowest BCUT2D eigenvalue weighted by Crippen LogP contribution is -2.36. The topological polar surface area (TPSA) is 93.8 Å². The number of benzene rings is 1. The van der Waals surface area contributed by atoms with Crippen LogP contribution in [0.1, 0.15) is 31.9 Å². The molecule has 7 nitrogen and oxygen atoms in total. The number of hydrogen-bond acceptors (Lipinski definition) is 6. The van der Waals surface area contributed by atoms with E-state index in [1.807, 2.05) is 20.8 Å². The summed E-state index contributed by atoms with van der Waals surface area (Å²) in [6.07, 6.45) is 1.38. The van der Waals surface area contributed by atoms with Crippen molar-refractivity contribution in [2.24, 2.45) is 0 Å². The minimum atomic E-state index is -2.57. The fourth-order valence-electron chi connectivity index (χ4n) is 2.24. The highest BCUT2D eigenvalue weighted by molar-refractivity contribution is 6.31. The first-order valence-corrected chi connectivity index (χ1v) is 8.59. The van der Waals surface area contributed by atoms with Crippen LogP contribution in [0.2, 0.25) is 5.02 Å². The number of hydrogen-bond donors (Lipinski definition) is 2. The molecule has 27 heavy (non-hydrogen) atoms. The van der Waals surface area contributed by atoms with Gasteiger partial charge in [-0.05, 0) is 26.3 Å². The van der Waals surface area contributed by atoms with E-state index in [2.05, 4.69) is 9.84 Å². The first-order valence-electron chi connectivity index (χ1n) is 8.21. The quantitative estimate of drug-likeness (QED) is 0.693. The highest BCUT2D eigenvalue weighted by Gasteiger charge is 2.27. The van der Waals surface area contributed by atoms with Gasteiger partial charge in [0.15, 0.2) is 10.8 Å². The zero-order valence-electron chi connectivity index (χ0n) is 15.3. The Morgan fingerprint density at radius 3 is 2.41 bits per heavy atom. The fraction of sp³-hybridized carbons (Fsp3) is 0.444. The molecule has 0 spiro atoms. The van der Waals surface area contributed by atoms with Crippen molar-refractivity contribution in [3.63, 3.8) is 0 Å². The van der Waals surface area contributed by atoms with E-state index in [1.165, 1.54) is 23.0 Å². The van der Waals surface area contributed by atoms with E-state index in [0.29, 0.717) is 5.56 Å². The predicted molar refractivity (Wildman–Crippen MR) is 97.3 cm³/mol. The molecule has 2 aromatic rings. The van der Waals surface area contributed by atoms with Crippen molar-refractivity contribution < 1.29 is 24.1 Å². The third kappa shape index (κ3) is 5.26. The lowest BCUT2D eigenvalue weighted by Gasteiger charge is -2.22. The van der Waals surface area contributed by atoms with Crippen molar-refractivity contribution in [2.75, 3.05) is 13.3 Å². The van der Waals surface area contributed by atoms with Gasteiger partial charge in [0.2, 0.25) is 0 Å². The predicted octanol–water partition coefficient (Wildman–Crippen LogP) is 2.31. The number of aromatic nitrogens is 2. The number of ether oxygens (including phenoxy) is 2. The molecule has 0 unspecified atom stereocenters. The molecule has 0 radical (unpaired) electrons. The van der Waals surface area contributed by atoms with Gasteiger partial charge in [-0.3, -0.25) is 4.79 Å². The Hall–Kier alpha value is -2.00. The second-order valence-electron chi connectivity index (χ2n) is 6.84. The van der Waals surface area contributed by atoms with Crippen LogP contribution in [0, 0.1) is 0 Å². The first-order chi connectivity index (χ1) is 12.6. The summed E-state index contributed by atoms with van der Waals surface area (Å²) in [5, 5.41) is 23.5. The van der Waals surface area contributed by atoms with Gasteiger partial charge >= 0.3 is 5.97 Å². The molecule has 0 bridgehead atoms. The van der Waals surface area contributed by atoms with E-state index in [4.69, 9.17) is 16.3 Å². The highest BCUT2D eigenvalue weighted by atomic mass is 35.5. The molecule has 9 heteroatoms. The van der Waals surface area contributed by atoms with Gasteiger partial charge in [-0.2, -0.15) is 5.10 Å². The standard InChI is InChI=1S/C18H22ClFN2O5/c1-17(2,3)22-16(23)15(19)14(10-21-22)26-11-12-4-6-13(7-5-12)18(24,25)27-9-8-20/h4-7,10,24-25H,8-9,11H2,1-3H3. The maximum Gasteiger partial charge on any atom is 0.307 e. The summed E-state index contributed by atoms with van der Waals surface area (Å²) in [5.74, 6) is -2.42. The van der Waals surface area contributed by atoms with Gasteiger partial charge < -0.3 is 19.7 Å². The van der Waals surface area contributed by atoms with Crippen LogP contribution in [-0.2, 0) is 22.9 Å². The molecule has 0 fully saturated rings. The molecule has 1 aromatic carbocycles. The third-order valence-electron chi connectivity index (χ3n) is 3.63. The molecule has 1 aromatic heterocycles. The molecule has 148 valence electrons. The molecular weight excluding hydrogens is 379 g/mol. The normalized spacial score (nSPS) is 12.3. The number of halogens is 2. The Balaban J connectivity index is 2.09. The average Bonchev–Trinajstić information content (AvgIpc) is 2.60. The van der Waals surface area contributed by atoms with Gasteiger partial charge in [-0.1, -0.05) is 35.9 Å². The van der Waals surface area contributed by atoms with Gasteiger partial charge in [-0.15, -0.1) is 0 Å². The molecule has 0 saturated heterocycles. The van der Waals surface area contributed by atoms with Crippen LogP contribution in [0.25, 0.3) is 0 Å². The summed E-state index contributed by atoms with van der Waals surface area (Å²) in [5.41, 5.74) is -0.240. The molecular formula is C18H22ClFN2O5. The molecule has 0 amide bonds. The summed E-state index contributed by atoms with van der Waals surface area (Å²) in [6.45, 7) is 4.30. The highest BCUT2D eigenvalue weighted by Crippen LogP contribution is 2.23. The second-order valence-corrected chi connectivity index (χ2v) is 7.22. The second kappa shape index (κ2) is 8.35. The number of rotatable bonds is 7. The van der Waals surface area contributed by atoms with E-state index < -0.39 is 30.4 Å². The third-order valence-corrected chi connectivity index (χ3v) is 3.98. The number of alkyl halides is 1. The number of aliphatic hydroxyl groups is 2. The van der Waals surface area contributed by atoms with Gasteiger partial charge in [0.05, 0.1) is 18.3 Å². The number of nitrogens with zero attached hydrogens (tertiary/aromatic N) is 2. The van der Waals surface area contributed by atoms with Crippen LogP contribution in [0.4, 0.5) is 4.39 Å². The fourth-order valence-corrected chi connectivity index (χ4v) is 2.42. The largest absolute Gasteiger partial charge is 0.485 e. The lowest BCUT2D eigenvalue weighted by molar-refractivity contribution is -0.350. The van der Waals surface area contributed by atoms with E-state index in [0.717, 1.165) is 0 Å². The minimum absolute atomic E-state index is 0.0483. The van der Waals surface area contributed by atoms with Crippen LogP contribution >= 0.6 is 11.6 Å². The average molecular weight is 401 g/mol. The molecule has 0 saturated carbocycles. The van der Waals surface area contributed by atoms with Crippen molar-refractivity contribution in [3.8, 4) is 5.75 Å². The maximum atomic E-state index is 12.3. The van der Waals surface area contributed by atoms with E-state index in [1.54, 1.807) is 12.1 Å². The van der Waals surface area contributed by atoms with Crippen LogP contribution in [0.5, 0.6) is 5.75 Å². The Morgan fingerprint density at radius 2 is 1.85 bits per heavy atom. The van der Waals surface area contributed by atoms with Crippen LogP contribution in [0.15, 0.2) is 35.3 Å². The van der Waals surface area contributed by atoms with Gasteiger partial charge in [0.1, 0.15) is 13.3 Å². The Kier molecular flexibility index (Phi) is 6.59. The molecule has 0 aliphatic heterocycles. The Labute approximate surface area is 160 Å². The van der Waals surface area contributed by atoms with E-state index >= 15 is 0 Å². The SMILES string of the molecule is CC(C)(C)n1ncc(OCc2ccc(C(O)(O)OCCF)cc2)c(Cl)c1=O. The summed E-state index contributed by atoms with van der Waals surface area (Å²) < 4.78 is 23.6. The lowest BCUT2D eigenvalue weighted by atomic mass is 10.1. The van der Waals surface area contributed by atoms with Gasteiger partial charge in [0, 0.05) is 5.56 Å². The van der Waals surface area contributed by atoms with Crippen molar-refractivity contribution >= 4 is 11.6 Å². The summed E-state index contributed by atoms with van der Waals surface area (Å²) in [7, 11) is 0. The van der Waals surface area contributed by atoms with Crippen molar-refractivity contribution in [2.45, 2.75) is 38.9 Å². The van der Waals surface area contributed by atoms with Gasteiger partial charge in [-0.25, -0.2) is 9.07 Å². The Morgan fingerprint density at radius 1 is 1.22 bits per heavy atom. The van der Waals surface area contributed by atoms with Crippen molar-refractivity contribution in [3.05, 3.63) is 57.0 Å². The smallest absolute Gasteiger partial charge is 0.307 e. The minimum Gasteiger partial charge on any atom is -0.485 e. The van der Waals surface area contributed by atoms with Crippen LogP contribution in [0.3, 0.4) is 0 Å². The summed E-state index contributed by atoms with van der Waals surface area (Å²) in [6, 6.07) is 5.98. The van der Waals surface area contributed by atoms with E-state index in [-0.39, 0.29) is 22.9 Å². The molecule has 2 rings (SSSR count). The Bertz CT molecular complexity index is 831. The van der Waals surface area contributed by atoms with Crippen LogP contribution < -0.4 is 10.3 Å². The molecule has 0 aliphatic rings. The molecule has 1 heterocycles. The van der Waals surface area contributed by atoms with Crippen molar-refractivity contribution in [1.82, 2.24) is 9.78 Å². The van der Waals surface area contributed by atoms with E-state index in [9.17, 15) is 19.4 Å². The summed E-state index contributed by atoms with van der Waals surface area (Å²) >= 11 is 6.09. The molecule has 0 aliphatic carbocycles. The molecule has 0 atom stereocenters. The van der Waals surface area contributed by atoms with Crippen LogP contribution in [-0.4, -0.2) is 33.3 Å². The zero-order chi connectivity index (χ0) is 20.2.